The molecule has 0 aliphatic heterocycles. The van der Waals surface area contributed by atoms with Crippen LogP contribution in [0.4, 0.5) is 11.4 Å². The molecule has 4 N–H and O–H groups in total. The van der Waals surface area contributed by atoms with Gasteiger partial charge in [0.05, 0.1) is 0 Å². The molecule has 8 aliphatic carbocycles. The first-order valence-corrected chi connectivity index (χ1v) is 21.7. The van der Waals surface area contributed by atoms with Gasteiger partial charge in [0.25, 0.3) is 0 Å². The summed E-state index contributed by atoms with van der Waals surface area (Å²) in [7, 11) is 0. The van der Waals surface area contributed by atoms with E-state index in [-0.39, 0.29) is 0 Å². The lowest BCUT2D eigenvalue weighted by Crippen LogP contribution is -2.72. The average Bonchev–Trinajstić information content (AvgIpc) is 3.07. The summed E-state index contributed by atoms with van der Waals surface area (Å²) in [6.45, 7) is 9.79. The summed E-state index contributed by atoms with van der Waals surface area (Å²) < 4.78 is 0. The molecule has 4 unspecified atom stereocenters. The molecule has 0 radical (unpaired) electrons. The van der Waals surface area contributed by atoms with E-state index in [4.69, 9.17) is 11.5 Å². The van der Waals surface area contributed by atoms with Crippen molar-refractivity contribution in [1.29, 1.82) is 0 Å². The van der Waals surface area contributed by atoms with Gasteiger partial charge in [-0.25, -0.2) is 0 Å². The quantitative estimate of drug-likeness (QED) is 0.184. The number of benzene rings is 2. The lowest BCUT2D eigenvalue weighted by molar-refractivity contribution is -0.288. The van der Waals surface area contributed by atoms with E-state index in [9.17, 15) is 0 Å². The molecule has 8 saturated carbocycles. The molecule has 2 aromatic carbocycles. The molecule has 0 aromatic heterocycles. The summed E-state index contributed by atoms with van der Waals surface area (Å²) in [5, 5.41) is 0. The van der Waals surface area contributed by atoms with Crippen molar-refractivity contribution in [1.82, 2.24) is 0 Å². The highest BCUT2D eigenvalue weighted by atomic mass is 14.8. The van der Waals surface area contributed by atoms with Crippen LogP contribution in [-0.4, -0.2) is 0 Å². The highest BCUT2D eigenvalue weighted by Gasteiger charge is 2.78. The van der Waals surface area contributed by atoms with Crippen LogP contribution in [0.5, 0.6) is 0 Å². The first-order valence-electron chi connectivity index (χ1n) is 21.7. The summed E-state index contributed by atoms with van der Waals surface area (Å²) in [6.07, 6.45) is 34.5. The van der Waals surface area contributed by atoms with E-state index in [1.54, 1.807) is 11.1 Å². The molecule has 2 aromatic rings. The number of anilines is 2. The van der Waals surface area contributed by atoms with E-state index in [0.29, 0.717) is 43.3 Å². The van der Waals surface area contributed by atoms with Gasteiger partial charge in [0.15, 0.2) is 0 Å². The summed E-state index contributed by atoms with van der Waals surface area (Å²) in [5.74, 6) is 0. The zero-order chi connectivity index (χ0) is 34.9. The van der Waals surface area contributed by atoms with Crippen molar-refractivity contribution in [2.75, 3.05) is 11.5 Å². The number of rotatable bonds is 15. The van der Waals surface area contributed by atoms with Crippen LogP contribution in [0.2, 0.25) is 0 Å². The Morgan fingerprint density at radius 2 is 0.660 bits per heavy atom. The monoisotopic (exact) mass is 677 g/mol. The third-order valence-electron chi connectivity index (χ3n) is 17.0. The second-order valence-corrected chi connectivity index (χ2v) is 20.9. The Bertz CT molecular complexity index is 1350. The maximum Gasteiger partial charge on any atom is 0.0314 e. The van der Waals surface area contributed by atoms with Crippen LogP contribution in [0.25, 0.3) is 0 Å². The third kappa shape index (κ3) is 5.44. The Hall–Kier alpha value is -1.96. The number of nitrogens with two attached hydrogens (primary N) is 2. The fourth-order valence-corrected chi connectivity index (χ4v) is 16.8. The van der Waals surface area contributed by atoms with Gasteiger partial charge in [0.1, 0.15) is 0 Å². The van der Waals surface area contributed by atoms with Crippen LogP contribution in [0.1, 0.15) is 193 Å². The van der Waals surface area contributed by atoms with Gasteiger partial charge in [-0.3, -0.25) is 0 Å². The fraction of sp³-hybridized carbons (Fsp3) is 0.750. The van der Waals surface area contributed by atoms with Crippen LogP contribution in [0, 0.1) is 32.5 Å². The average molecular weight is 677 g/mol. The molecule has 10 rings (SSSR count). The minimum atomic E-state index is 0.300. The standard InChI is InChI=1S/C48H72N2/c1-5-9-21-41-25-42(22-10-6-2)28-45(27-41,37-13-17-39(49)18-14-37)35-47(31-41,32-42)48-33-43(23-11-7-3)26-44(34-48,24-12-8-4)30-46(29-43,36-48)38-15-19-40(50)20-16-38/h13-20H,5-12,21-36,49-50H2,1-4H3. The summed E-state index contributed by atoms with van der Waals surface area (Å²) in [5.41, 5.74) is 21.4. The van der Waals surface area contributed by atoms with Crippen molar-refractivity contribution in [3.63, 3.8) is 0 Å². The molecule has 274 valence electrons. The van der Waals surface area contributed by atoms with Gasteiger partial charge in [-0.05, 0) is 181 Å². The number of hydrogen-bond donors (Lipinski definition) is 2. The largest absolute Gasteiger partial charge is 0.399 e. The lowest BCUT2D eigenvalue weighted by Gasteiger charge is -2.81. The Labute approximate surface area is 306 Å². The van der Waals surface area contributed by atoms with Crippen molar-refractivity contribution in [3.05, 3.63) is 59.7 Å². The number of unbranched alkanes of at least 4 members (excludes halogenated alkanes) is 4. The second-order valence-electron chi connectivity index (χ2n) is 20.9. The highest BCUT2D eigenvalue weighted by Crippen LogP contribution is 2.87. The first kappa shape index (κ1) is 35.1. The lowest BCUT2D eigenvalue weighted by atomic mass is 9.23. The molecule has 0 spiro atoms. The van der Waals surface area contributed by atoms with Gasteiger partial charge in [0, 0.05) is 11.4 Å². The van der Waals surface area contributed by atoms with E-state index in [2.05, 4.69) is 76.2 Å². The van der Waals surface area contributed by atoms with Gasteiger partial charge < -0.3 is 11.5 Å². The minimum Gasteiger partial charge on any atom is -0.399 e. The van der Waals surface area contributed by atoms with Crippen LogP contribution >= 0.6 is 0 Å². The van der Waals surface area contributed by atoms with Crippen LogP contribution < -0.4 is 11.5 Å². The van der Waals surface area contributed by atoms with E-state index >= 15 is 0 Å². The SMILES string of the molecule is CCCCC12CC3(CCCC)CC(c4ccc(N)cc4)(C1)CC(C14CC5(CCCC)CC(CCCC)(CC(c6ccc(N)cc6)(C5)C1)C4)(C2)C3. The normalized spacial score (nSPS) is 42.4. The Morgan fingerprint density at radius 3 is 0.920 bits per heavy atom. The number of nitrogen functional groups attached to an aromatic ring is 2. The van der Waals surface area contributed by atoms with Crippen LogP contribution in [0.3, 0.4) is 0 Å². The van der Waals surface area contributed by atoms with E-state index in [1.165, 1.54) is 154 Å². The summed E-state index contributed by atoms with van der Waals surface area (Å²) in [4.78, 5) is 0. The Morgan fingerprint density at radius 1 is 0.380 bits per heavy atom. The zero-order valence-corrected chi connectivity index (χ0v) is 32.7. The van der Waals surface area contributed by atoms with Crippen molar-refractivity contribution >= 4 is 11.4 Å². The molecule has 8 fully saturated rings. The van der Waals surface area contributed by atoms with Gasteiger partial charge in [-0.2, -0.15) is 0 Å². The molecule has 4 atom stereocenters. The van der Waals surface area contributed by atoms with E-state index in [1.807, 2.05) is 0 Å². The molecule has 0 heterocycles. The molecule has 0 amide bonds. The van der Waals surface area contributed by atoms with Gasteiger partial charge in [-0.15, -0.1) is 0 Å². The van der Waals surface area contributed by atoms with E-state index in [0.717, 1.165) is 11.4 Å². The molecule has 2 heteroatoms. The highest BCUT2D eigenvalue weighted by molar-refractivity contribution is 5.46. The van der Waals surface area contributed by atoms with Crippen molar-refractivity contribution < 1.29 is 0 Å². The Kier molecular flexibility index (Phi) is 8.63. The molecular formula is C48H72N2. The van der Waals surface area contributed by atoms with Crippen LogP contribution in [0.15, 0.2) is 48.5 Å². The van der Waals surface area contributed by atoms with Crippen molar-refractivity contribution in [2.24, 2.45) is 32.5 Å². The molecule has 8 bridgehead atoms. The van der Waals surface area contributed by atoms with Crippen molar-refractivity contribution in [2.45, 2.75) is 193 Å². The fourth-order valence-electron chi connectivity index (χ4n) is 16.8. The zero-order valence-electron chi connectivity index (χ0n) is 32.7. The predicted molar refractivity (Wildman–Crippen MR) is 213 cm³/mol. The maximum atomic E-state index is 6.41. The molecular weight excluding hydrogens is 605 g/mol. The molecule has 0 saturated heterocycles. The van der Waals surface area contributed by atoms with Gasteiger partial charge >= 0.3 is 0 Å². The maximum absolute atomic E-state index is 6.41. The van der Waals surface area contributed by atoms with E-state index < -0.39 is 0 Å². The van der Waals surface area contributed by atoms with Crippen LogP contribution in [-0.2, 0) is 10.8 Å². The molecule has 8 aliphatic rings. The summed E-state index contributed by atoms with van der Waals surface area (Å²) >= 11 is 0. The minimum absolute atomic E-state index is 0.300. The topological polar surface area (TPSA) is 52.0 Å². The molecule has 2 nitrogen and oxygen atoms in total. The summed E-state index contributed by atoms with van der Waals surface area (Å²) in [6, 6.07) is 19.0. The van der Waals surface area contributed by atoms with Crippen molar-refractivity contribution in [3.8, 4) is 0 Å². The Balaban J connectivity index is 1.34. The third-order valence-corrected chi connectivity index (χ3v) is 17.0. The second kappa shape index (κ2) is 12.3. The van der Waals surface area contributed by atoms with Gasteiger partial charge in [0.2, 0.25) is 0 Å². The first-order chi connectivity index (χ1) is 24.0. The molecule has 50 heavy (non-hydrogen) atoms. The predicted octanol–water partition coefficient (Wildman–Crippen LogP) is 13.5. The van der Waals surface area contributed by atoms with Gasteiger partial charge in [-0.1, -0.05) is 103 Å². The number of hydrogen-bond acceptors (Lipinski definition) is 2. The smallest absolute Gasteiger partial charge is 0.0314 e.